The lowest BCUT2D eigenvalue weighted by atomic mass is 10.1. The predicted octanol–water partition coefficient (Wildman–Crippen LogP) is 1.65. The smallest absolute Gasteiger partial charge is 0.0699 e. The first-order valence-electron chi connectivity index (χ1n) is 5.38. The summed E-state index contributed by atoms with van der Waals surface area (Å²) >= 11 is 2.07. The topological polar surface area (TPSA) is 21.3 Å². The quantitative estimate of drug-likeness (QED) is 0.750. The standard InChI is InChI=1S/C10H19NOS/c1-2-5-12-10(3-1)7-11-9-4-6-13-8-9/h9-11H,1-8H2. The average molecular weight is 201 g/mol. The molecular formula is C10H19NOS. The Morgan fingerprint density at radius 2 is 2.31 bits per heavy atom. The highest BCUT2D eigenvalue weighted by Gasteiger charge is 2.18. The van der Waals surface area contributed by atoms with Crippen molar-refractivity contribution < 1.29 is 4.74 Å². The molecule has 0 spiro atoms. The molecule has 0 aromatic carbocycles. The van der Waals surface area contributed by atoms with Gasteiger partial charge in [-0.1, -0.05) is 0 Å². The number of hydrogen-bond acceptors (Lipinski definition) is 3. The van der Waals surface area contributed by atoms with Crippen LogP contribution in [-0.4, -0.2) is 36.8 Å². The van der Waals surface area contributed by atoms with Crippen LogP contribution in [0.5, 0.6) is 0 Å². The van der Waals surface area contributed by atoms with Crippen molar-refractivity contribution in [2.75, 3.05) is 24.7 Å². The Bertz CT molecular complexity index is 142. The molecule has 0 bridgehead atoms. The summed E-state index contributed by atoms with van der Waals surface area (Å²) in [4.78, 5) is 0. The van der Waals surface area contributed by atoms with Crippen LogP contribution >= 0.6 is 11.8 Å². The number of ether oxygens (including phenoxy) is 1. The van der Waals surface area contributed by atoms with Crippen molar-refractivity contribution in [3.05, 3.63) is 0 Å². The van der Waals surface area contributed by atoms with Crippen LogP contribution in [0.25, 0.3) is 0 Å². The lowest BCUT2D eigenvalue weighted by Gasteiger charge is -2.24. The molecule has 2 fully saturated rings. The van der Waals surface area contributed by atoms with Crippen LogP contribution in [-0.2, 0) is 4.74 Å². The van der Waals surface area contributed by atoms with Gasteiger partial charge in [-0.3, -0.25) is 0 Å². The first-order valence-corrected chi connectivity index (χ1v) is 6.53. The van der Waals surface area contributed by atoms with Gasteiger partial charge in [-0.05, 0) is 31.4 Å². The SMILES string of the molecule is C1CCC(CNC2CCSC2)OC1. The molecule has 0 amide bonds. The monoisotopic (exact) mass is 201 g/mol. The highest BCUT2D eigenvalue weighted by molar-refractivity contribution is 7.99. The van der Waals surface area contributed by atoms with Gasteiger partial charge in [0.25, 0.3) is 0 Å². The molecule has 0 aromatic heterocycles. The highest BCUT2D eigenvalue weighted by atomic mass is 32.2. The van der Waals surface area contributed by atoms with Crippen LogP contribution in [0.15, 0.2) is 0 Å². The summed E-state index contributed by atoms with van der Waals surface area (Å²) in [5.41, 5.74) is 0. The minimum Gasteiger partial charge on any atom is -0.377 e. The van der Waals surface area contributed by atoms with Gasteiger partial charge in [0, 0.05) is 24.9 Å². The number of hydrogen-bond donors (Lipinski definition) is 1. The lowest BCUT2D eigenvalue weighted by Crippen LogP contribution is -2.38. The third kappa shape index (κ3) is 3.15. The van der Waals surface area contributed by atoms with Gasteiger partial charge >= 0.3 is 0 Å². The summed E-state index contributed by atoms with van der Waals surface area (Å²) in [7, 11) is 0. The molecule has 2 aliphatic heterocycles. The number of nitrogens with one attached hydrogen (secondary N) is 1. The van der Waals surface area contributed by atoms with Crippen molar-refractivity contribution in [3.63, 3.8) is 0 Å². The second kappa shape index (κ2) is 5.23. The molecule has 2 saturated heterocycles. The summed E-state index contributed by atoms with van der Waals surface area (Å²) in [5.74, 6) is 2.63. The van der Waals surface area contributed by atoms with Crippen molar-refractivity contribution in [1.29, 1.82) is 0 Å². The molecular weight excluding hydrogens is 182 g/mol. The van der Waals surface area contributed by atoms with Crippen molar-refractivity contribution >= 4 is 11.8 Å². The van der Waals surface area contributed by atoms with E-state index in [1.165, 1.54) is 37.2 Å². The van der Waals surface area contributed by atoms with Gasteiger partial charge < -0.3 is 10.1 Å². The maximum atomic E-state index is 5.67. The van der Waals surface area contributed by atoms with Crippen molar-refractivity contribution in [3.8, 4) is 0 Å². The van der Waals surface area contributed by atoms with E-state index in [2.05, 4.69) is 17.1 Å². The maximum absolute atomic E-state index is 5.67. The zero-order chi connectivity index (χ0) is 8.93. The van der Waals surface area contributed by atoms with E-state index in [-0.39, 0.29) is 0 Å². The van der Waals surface area contributed by atoms with E-state index in [9.17, 15) is 0 Å². The Balaban J connectivity index is 1.60. The van der Waals surface area contributed by atoms with Crippen molar-refractivity contribution in [2.45, 2.75) is 37.8 Å². The van der Waals surface area contributed by atoms with Gasteiger partial charge in [0.15, 0.2) is 0 Å². The second-order valence-electron chi connectivity index (χ2n) is 3.96. The van der Waals surface area contributed by atoms with E-state index in [0.29, 0.717) is 6.10 Å². The molecule has 2 rings (SSSR count). The van der Waals surface area contributed by atoms with Gasteiger partial charge in [0.2, 0.25) is 0 Å². The Kier molecular flexibility index (Phi) is 3.94. The molecule has 0 aliphatic carbocycles. The van der Waals surface area contributed by atoms with E-state index in [1.54, 1.807) is 0 Å². The minimum absolute atomic E-state index is 0.499. The summed E-state index contributed by atoms with van der Waals surface area (Å²) in [6, 6.07) is 0.760. The van der Waals surface area contributed by atoms with Crippen LogP contribution in [0.2, 0.25) is 0 Å². The molecule has 2 heterocycles. The molecule has 2 aliphatic rings. The van der Waals surface area contributed by atoms with Crippen LogP contribution in [0.3, 0.4) is 0 Å². The maximum Gasteiger partial charge on any atom is 0.0699 e. The number of rotatable bonds is 3. The molecule has 2 nitrogen and oxygen atoms in total. The molecule has 13 heavy (non-hydrogen) atoms. The third-order valence-electron chi connectivity index (χ3n) is 2.84. The molecule has 1 N–H and O–H groups in total. The first-order chi connectivity index (χ1) is 6.45. The van der Waals surface area contributed by atoms with Gasteiger partial charge in [-0.2, -0.15) is 11.8 Å². The van der Waals surface area contributed by atoms with Crippen LogP contribution in [0.1, 0.15) is 25.7 Å². The van der Waals surface area contributed by atoms with Crippen molar-refractivity contribution in [1.82, 2.24) is 5.32 Å². The Hall–Kier alpha value is 0.270. The van der Waals surface area contributed by atoms with E-state index in [1.807, 2.05) is 0 Å². The summed E-state index contributed by atoms with van der Waals surface area (Å²) in [6.45, 7) is 2.05. The zero-order valence-electron chi connectivity index (χ0n) is 8.13. The lowest BCUT2D eigenvalue weighted by molar-refractivity contribution is 0.0158. The molecule has 0 aromatic rings. The first kappa shape index (κ1) is 9.81. The largest absolute Gasteiger partial charge is 0.377 e. The van der Waals surface area contributed by atoms with Crippen LogP contribution in [0, 0.1) is 0 Å². The Morgan fingerprint density at radius 1 is 1.31 bits per heavy atom. The molecule has 76 valence electrons. The van der Waals surface area contributed by atoms with Gasteiger partial charge in [-0.15, -0.1) is 0 Å². The van der Waals surface area contributed by atoms with Gasteiger partial charge in [0.05, 0.1) is 6.10 Å². The van der Waals surface area contributed by atoms with E-state index in [4.69, 9.17) is 4.74 Å². The van der Waals surface area contributed by atoms with Crippen LogP contribution < -0.4 is 5.32 Å². The fraction of sp³-hybridized carbons (Fsp3) is 1.00. The molecule has 3 heteroatoms. The van der Waals surface area contributed by atoms with E-state index in [0.717, 1.165) is 19.2 Å². The summed E-state index contributed by atoms with van der Waals surface area (Å²) < 4.78 is 5.67. The molecule has 0 radical (unpaired) electrons. The normalized spacial score (nSPS) is 35.1. The minimum atomic E-state index is 0.499. The fourth-order valence-corrected chi connectivity index (χ4v) is 3.15. The fourth-order valence-electron chi connectivity index (χ4n) is 1.96. The van der Waals surface area contributed by atoms with E-state index < -0.39 is 0 Å². The Morgan fingerprint density at radius 3 is 3.00 bits per heavy atom. The average Bonchev–Trinajstić information content (AvgIpc) is 2.69. The molecule has 2 unspecified atom stereocenters. The van der Waals surface area contributed by atoms with Crippen molar-refractivity contribution in [2.24, 2.45) is 0 Å². The second-order valence-corrected chi connectivity index (χ2v) is 5.11. The van der Waals surface area contributed by atoms with Crippen LogP contribution in [0.4, 0.5) is 0 Å². The Labute approximate surface area is 84.8 Å². The predicted molar refractivity (Wildman–Crippen MR) is 57.3 cm³/mol. The molecule has 0 saturated carbocycles. The van der Waals surface area contributed by atoms with E-state index >= 15 is 0 Å². The number of thioether (sulfide) groups is 1. The summed E-state index contributed by atoms with van der Waals surface area (Å²) in [6.07, 6.45) is 5.71. The van der Waals surface area contributed by atoms with Gasteiger partial charge in [0.1, 0.15) is 0 Å². The highest BCUT2D eigenvalue weighted by Crippen LogP contribution is 2.18. The molecule has 2 atom stereocenters. The van der Waals surface area contributed by atoms with Gasteiger partial charge in [-0.25, -0.2) is 0 Å². The summed E-state index contributed by atoms with van der Waals surface area (Å²) in [5, 5.41) is 3.61. The zero-order valence-corrected chi connectivity index (χ0v) is 8.94. The third-order valence-corrected chi connectivity index (χ3v) is 4.00.